The van der Waals surface area contributed by atoms with Gasteiger partial charge in [-0.05, 0) is 38.0 Å². The van der Waals surface area contributed by atoms with E-state index in [0.717, 1.165) is 10.2 Å². The predicted octanol–water partition coefficient (Wildman–Crippen LogP) is 1.87. The Balaban J connectivity index is 1.82. The Morgan fingerprint density at radius 2 is 2.15 bits per heavy atom. The van der Waals surface area contributed by atoms with Gasteiger partial charge >= 0.3 is 0 Å². The number of benzene rings is 1. The summed E-state index contributed by atoms with van der Waals surface area (Å²) in [5, 5.41) is 10.4. The Kier molecular flexibility index (Phi) is 3.14. The van der Waals surface area contributed by atoms with Crippen molar-refractivity contribution in [2.45, 2.75) is 25.4 Å². The molecule has 1 aliphatic rings. The van der Waals surface area contributed by atoms with Gasteiger partial charge in [-0.1, -0.05) is 11.3 Å². The number of aromatic nitrogens is 1. The van der Waals surface area contributed by atoms with Gasteiger partial charge in [0.15, 0.2) is 5.13 Å². The second-order valence-electron chi connectivity index (χ2n) is 5.52. The number of likely N-dealkylation sites (tertiary alicyclic amines) is 1. The molecule has 1 aliphatic heterocycles. The summed E-state index contributed by atoms with van der Waals surface area (Å²) in [4.78, 5) is 18.4. The maximum absolute atomic E-state index is 12.5. The van der Waals surface area contributed by atoms with Gasteiger partial charge in [0, 0.05) is 18.7 Å². The molecule has 1 fully saturated rings. The molecule has 106 valence electrons. The van der Waals surface area contributed by atoms with Crippen LogP contribution in [0.5, 0.6) is 0 Å². The van der Waals surface area contributed by atoms with Gasteiger partial charge in [-0.2, -0.15) is 0 Å². The second kappa shape index (κ2) is 4.71. The minimum Gasteiger partial charge on any atom is -0.390 e. The topological polar surface area (TPSA) is 79.5 Å². The van der Waals surface area contributed by atoms with E-state index in [4.69, 9.17) is 5.73 Å². The van der Waals surface area contributed by atoms with E-state index in [9.17, 15) is 9.90 Å². The van der Waals surface area contributed by atoms with Gasteiger partial charge in [-0.15, -0.1) is 0 Å². The first kappa shape index (κ1) is 13.3. The van der Waals surface area contributed by atoms with Crippen LogP contribution in [0.15, 0.2) is 18.2 Å². The number of nitrogens with two attached hydrogens (primary N) is 1. The van der Waals surface area contributed by atoms with Gasteiger partial charge < -0.3 is 15.7 Å². The summed E-state index contributed by atoms with van der Waals surface area (Å²) in [6.45, 7) is 3.00. The van der Waals surface area contributed by atoms with E-state index in [0.29, 0.717) is 36.6 Å². The van der Waals surface area contributed by atoms with E-state index >= 15 is 0 Å². The Morgan fingerprint density at radius 1 is 1.45 bits per heavy atom. The summed E-state index contributed by atoms with van der Waals surface area (Å²) in [5.74, 6) is 0.00868. The first-order valence-electron chi connectivity index (χ1n) is 6.62. The highest BCUT2D eigenvalue weighted by Crippen LogP contribution is 2.26. The molecular weight excluding hydrogens is 274 g/mol. The number of carbonyl (C=O) groups is 1. The van der Waals surface area contributed by atoms with Crippen molar-refractivity contribution in [3.05, 3.63) is 23.8 Å². The molecule has 6 heteroatoms. The molecule has 0 radical (unpaired) electrons. The zero-order valence-corrected chi connectivity index (χ0v) is 12.1. The summed E-state index contributed by atoms with van der Waals surface area (Å²) in [5.41, 5.74) is 6.51. The number of amides is 1. The number of anilines is 1. The molecule has 0 unspecified atom stereocenters. The normalized spacial score (nSPS) is 18.4. The fraction of sp³-hybridized carbons (Fsp3) is 0.429. The van der Waals surface area contributed by atoms with Crippen molar-refractivity contribution in [2.75, 3.05) is 18.8 Å². The maximum atomic E-state index is 12.5. The number of fused-ring (bicyclic) bond motifs is 1. The summed E-state index contributed by atoms with van der Waals surface area (Å²) in [7, 11) is 0. The van der Waals surface area contributed by atoms with Crippen LogP contribution in [-0.4, -0.2) is 39.6 Å². The van der Waals surface area contributed by atoms with Crippen LogP contribution in [0.4, 0.5) is 5.13 Å². The lowest BCUT2D eigenvalue weighted by molar-refractivity contribution is -0.00201. The van der Waals surface area contributed by atoms with Crippen molar-refractivity contribution in [3.8, 4) is 0 Å². The Hall–Kier alpha value is -1.66. The number of nitrogens with zero attached hydrogens (tertiary/aromatic N) is 2. The number of nitrogen functional groups attached to an aromatic ring is 1. The predicted molar refractivity (Wildman–Crippen MR) is 79.8 cm³/mol. The highest BCUT2D eigenvalue weighted by atomic mass is 32.1. The fourth-order valence-corrected chi connectivity index (χ4v) is 3.22. The third-order valence-corrected chi connectivity index (χ3v) is 4.63. The maximum Gasteiger partial charge on any atom is 0.253 e. The first-order valence-corrected chi connectivity index (χ1v) is 7.44. The van der Waals surface area contributed by atoms with E-state index in [1.165, 1.54) is 11.3 Å². The number of carbonyl (C=O) groups excluding carboxylic acids is 1. The molecule has 1 aromatic heterocycles. The van der Waals surface area contributed by atoms with Crippen LogP contribution in [0.3, 0.4) is 0 Å². The number of rotatable bonds is 1. The van der Waals surface area contributed by atoms with Crippen LogP contribution in [0.25, 0.3) is 10.2 Å². The van der Waals surface area contributed by atoms with Crippen LogP contribution < -0.4 is 5.73 Å². The van der Waals surface area contributed by atoms with E-state index in [2.05, 4.69) is 4.98 Å². The number of hydrogen-bond acceptors (Lipinski definition) is 5. The lowest BCUT2D eigenvalue weighted by Gasteiger charge is -2.35. The van der Waals surface area contributed by atoms with E-state index < -0.39 is 5.60 Å². The minimum atomic E-state index is -0.646. The average Bonchev–Trinajstić information content (AvgIpc) is 2.77. The number of hydrogen-bond donors (Lipinski definition) is 2. The van der Waals surface area contributed by atoms with E-state index in [-0.39, 0.29) is 5.91 Å². The van der Waals surface area contributed by atoms with Crippen molar-refractivity contribution in [2.24, 2.45) is 0 Å². The Morgan fingerprint density at radius 3 is 2.85 bits per heavy atom. The SMILES string of the molecule is CC1(O)CCN(C(=O)c2ccc3nc(N)sc3c2)CC1. The number of piperidine rings is 1. The van der Waals surface area contributed by atoms with Crippen LogP contribution in [0.1, 0.15) is 30.1 Å². The summed E-state index contributed by atoms with van der Waals surface area (Å²) < 4.78 is 0.928. The zero-order valence-electron chi connectivity index (χ0n) is 11.3. The van der Waals surface area contributed by atoms with Crippen molar-refractivity contribution < 1.29 is 9.90 Å². The Bertz CT molecular complexity index is 655. The van der Waals surface area contributed by atoms with E-state index in [1.54, 1.807) is 11.0 Å². The molecule has 2 aromatic rings. The summed E-state index contributed by atoms with van der Waals surface area (Å²) in [6, 6.07) is 5.46. The molecule has 1 saturated heterocycles. The minimum absolute atomic E-state index is 0.00868. The van der Waals surface area contributed by atoms with Crippen LogP contribution >= 0.6 is 11.3 Å². The third-order valence-electron chi connectivity index (χ3n) is 3.78. The molecule has 0 atom stereocenters. The molecule has 1 aromatic carbocycles. The van der Waals surface area contributed by atoms with Gasteiger partial charge in [-0.25, -0.2) is 4.98 Å². The van der Waals surface area contributed by atoms with Gasteiger partial charge in [-0.3, -0.25) is 4.79 Å². The molecule has 5 nitrogen and oxygen atoms in total. The van der Waals surface area contributed by atoms with E-state index in [1.807, 2.05) is 19.1 Å². The Labute approximate surface area is 121 Å². The fourth-order valence-electron chi connectivity index (χ4n) is 2.45. The number of aliphatic hydroxyl groups is 1. The van der Waals surface area contributed by atoms with Crippen molar-refractivity contribution in [3.63, 3.8) is 0 Å². The van der Waals surface area contributed by atoms with Gasteiger partial charge in [0.1, 0.15) is 0 Å². The summed E-state index contributed by atoms with van der Waals surface area (Å²) >= 11 is 1.39. The largest absolute Gasteiger partial charge is 0.390 e. The smallest absolute Gasteiger partial charge is 0.253 e. The first-order chi connectivity index (χ1) is 9.44. The monoisotopic (exact) mass is 291 g/mol. The lowest BCUT2D eigenvalue weighted by atomic mass is 9.93. The molecular formula is C14H17N3O2S. The standard InChI is InChI=1S/C14H17N3O2S/c1-14(19)4-6-17(7-5-14)12(18)9-2-3-10-11(8-9)20-13(15)16-10/h2-3,8,19H,4-7H2,1H3,(H2,15,16). The number of thiazole rings is 1. The molecule has 3 rings (SSSR count). The molecule has 0 aliphatic carbocycles. The van der Waals surface area contributed by atoms with Crippen molar-refractivity contribution >= 4 is 32.6 Å². The summed E-state index contributed by atoms with van der Waals surface area (Å²) in [6.07, 6.45) is 1.24. The van der Waals surface area contributed by atoms with Gasteiger partial charge in [0.05, 0.1) is 15.8 Å². The van der Waals surface area contributed by atoms with Crippen LogP contribution in [-0.2, 0) is 0 Å². The highest BCUT2D eigenvalue weighted by Gasteiger charge is 2.30. The van der Waals surface area contributed by atoms with Crippen LogP contribution in [0, 0.1) is 0 Å². The molecule has 0 spiro atoms. The molecule has 0 bridgehead atoms. The van der Waals surface area contributed by atoms with Gasteiger partial charge in [0.2, 0.25) is 0 Å². The average molecular weight is 291 g/mol. The molecule has 2 heterocycles. The highest BCUT2D eigenvalue weighted by molar-refractivity contribution is 7.22. The quantitative estimate of drug-likeness (QED) is 0.840. The molecule has 3 N–H and O–H groups in total. The lowest BCUT2D eigenvalue weighted by Crippen LogP contribution is -2.45. The second-order valence-corrected chi connectivity index (χ2v) is 6.59. The van der Waals surface area contributed by atoms with Gasteiger partial charge in [0.25, 0.3) is 5.91 Å². The molecule has 1 amide bonds. The molecule has 20 heavy (non-hydrogen) atoms. The van der Waals surface area contributed by atoms with Crippen molar-refractivity contribution in [1.82, 2.24) is 9.88 Å². The zero-order chi connectivity index (χ0) is 14.3. The van der Waals surface area contributed by atoms with Crippen molar-refractivity contribution in [1.29, 1.82) is 0 Å². The third kappa shape index (κ3) is 2.48. The molecule has 0 saturated carbocycles. The van der Waals surface area contributed by atoms with Crippen LogP contribution in [0.2, 0.25) is 0 Å².